The number of hydrogen-bond acceptors (Lipinski definition) is 3. The maximum Gasteiger partial charge on any atom is 0.0789 e. The van der Waals surface area contributed by atoms with Crippen molar-refractivity contribution in [3.05, 3.63) is 29.6 Å². The summed E-state index contributed by atoms with van der Waals surface area (Å²) in [5.41, 5.74) is 2.39. The van der Waals surface area contributed by atoms with Crippen molar-refractivity contribution in [3.63, 3.8) is 0 Å². The monoisotopic (exact) mass is 236 g/mol. The molecule has 1 rings (SSSR count). The summed E-state index contributed by atoms with van der Waals surface area (Å²) >= 11 is 0. The van der Waals surface area contributed by atoms with E-state index in [0.29, 0.717) is 5.92 Å². The van der Waals surface area contributed by atoms with E-state index in [1.165, 1.54) is 11.1 Å². The fraction of sp³-hybridized carbons (Fsp3) is 0.643. The molecule has 3 heteroatoms. The van der Waals surface area contributed by atoms with Crippen LogP contribution in [-0.2, 0) is 4.74 Å². The first-order valence-corrected chi connectivity index (χ1v) is 6.27. The number of rotatable bonds is 6. The van der Waals surface area contributed by atoms with Crippen LogP contribution in [0.5, 0.6) is 0 Å². The third kappa shape index (κ3) is 3.79. The van der Waals surface area contributed by atoms with E-state index in [4.69, 9.17) is 4.74 Å². The van der Waals surface area contributed by atoms with Gasteiger partial charge in [-0.3, -0.25) is 4.98 Å². The summed E-state index contributed by atoms with van der Waals surface area (Å²) in [5, 5.41) is 3.49. The average molecular weight is 236 g/mol. The van der Waals surface area contributed by atoms with Crippen molar-refractivity contribution in [2.45, 2.75) is 39.8 Å². The smallest absolute Gasteiger partial charge is 0.0789 e. The second-order valence-corrected chi connectivity index (χ2v) is 4.78. The van der Waals surface area contributed by atoms with E-state index in [2.05, 4.69) is 44.1 Å². The number of hydrogen-bond donors (Lipinski definition) is 1. The summed E-state index contributed by atoms with van der Waals surface area (Å²) in [4.78, 5) is 4.27. The Morgan fingerprint density at radius 2 is 2.06 bits per heavy atom. The molecule has 0 aliphatic carbocycles. The number of aromatic nitrogens is 1. The summed E-state index contributed by atoms with van der Waals surface area (Å²) in [7, 11) is 1.78. The lowest BCUT2D eigenvalue weighted by Crippen LogP contribution is -2.36. The Balaban J connectivity index is 2.98. The van der Waals surface area contributed by atoms with Crippen molar-refractivity contribution in [2.24, 2.45) is 5.92 Å². The van der Waals surface area contributed by atoms with Crippen molar-refractivity contribution >= 4 is 0 Å². The molecule has 0 aliphatic rings. The van der Waals surface area contributed by atoms with Crippen LogP contribution in [0.4, 0.5) is 0 Å². The second-order valence-electron chi connectivity index (χ2n) is 4.78. The first-order chi connectivity index (χ1) is 8.10. The van der Waals surface area contributed by atoms with Gasteiger partial charge in [0.25, 0.3) is 0 Å². The minimum Gasteiger partial charge on any atom is -0.379 e. The molecule has 1 aromatic rings. The maximum absolute atomic E-state index is 5.63. The van der Waals surface area contributed by atoms with E-state index >= 15 is 0 Å². The normalized spacial score (nSPS) is 14.9. The Hall–Kier alpha value is -0.930. The van der Waals surface area contributed by atoms with Crippen molar-refractivity contribution in [1.29, 1.82) is 0 Å². The molecule has 0 saturated carbocycles. The predicted molar refractivity (Wildman–Crippen MR) is 71.0 cm³/mol. The van der Waals surface area contributed by atoms with Crippen molar-refractivity contribution in [2.75, 3.05) is 13.7 Å². The second kappa shape index (κ2) is 6.72. The summed E-state index contributed by atoms with van der Waals surface area (Å²) in [6.45, 7) is 9.47. The number of nitrogens with one attached hydrogen (secondary N) is 1. The number of pyridine rings is 1. The number of nitrogens with zero attached hydrogens (tertiary/aromatic N) is 1. The van der Waals surface area contributed by atoms with Gasteiger partial charge in [-0.1, -0.05) is 26.8 Å². The van der Waals surface area contributed by atoms with Crippen LogP contribution in [0, 0.1) is 12.8 Å². The van der Waals surface area contributed by atoms with Crippen LogP contribution < -0.4 is 5.32 Å². The van der Waals surface area contributed by atoms with Gasteiger partial charge in [-0.25, -0.2) is 0 Å². The Morgan fingerprint density at radius 1 is 1.35 bits per heavy atom. The minimum absolute atomic E-state index is 0.165. The van der Waals surface area contributed by atoms with Gasteiger partial charge in [-0.2, -0.15) is 0 Å². The summed E-state index contributed by atoms with van der Waals surface area (Å²) in [5.74, 6) is 0.463. The van der Waals surface area contributed by atoms with E-state index in [1.807, 2.05) is 12.4 Å². The summed E-state index contributed by atoms with van der Waals surface area (Å²) in [6, 6.07) is 2.38. The molecule has 2 unspecified atom stereocenters. The highest BCUT2D eigenvalue weighted by Gasteiger charge is 2.25. The van der Waals surface area contributed by atoms with Gasteiger partial charge >= 0.3 is 0 Å². The molecule has 96 valence electrons. The average Bonchev–Trinajstić information content (AvgIpc) is 2.28. The number of likely N-dealkylation sites (N-methyl/N-ethyl adjacent to an activating group) is 1. The van der Waals surface area contributed by atoms with Gasteiger partial charge < -0.3 is 10.1 Å². The van der Waals surface area contributed by atoms with Crippen LogP contribution in [0.1, 0.15) is 37.9 Å². The molecular formula is C14H24N2O. The number of methoxy groups -OCH3 is 1. The Labute approximate surface area is 105 Å². The topological polar surface area (TPSA) is 34.2 Å². The fourth-order valence-corrected chi connectivity index (χ4v) is 2.19. The standard InChI is InChI=1S/C14H24N2O/c1-6-16-13(14(17-5)10(2)3)12-7-11(4)8-15-9-12/h7-10,13-14,16H,6H2,1-5H3. The molecule has 0 spiro atoms. The van der Waals surface area contributed by atoms with E-state index in [0.717, 1.165) is 6.54 Å². The molecule has 0 aliphatic heterocycles. The quantitative estimate of drug-likeness (QED) is 0.824. The molecule has 1 heterocycles. The Kier molecular flexibility index (Phi) is 5.59. The molecular weight excluding hydrogens is 212 g/mol. The zero-order chi connectivity index (χ0) is 12.8. The first kappa shape index (κ1) is 14.1. The minimum atomic E-state index is 0.165. The molecule has 3 nitrogen and oxygen atoms in total. The molecule has 1 aromatic heterocycles. The highest BCUT2D eigenvalue weighted by Crippen LogP contribution is 2.24. The van der Waals surface area contributed by atoms with Crippen molar-refractivity contribution in [1.82, 2.24) is 10.3 Å². The van der Waals surface area contributed by atoms with Crippen molar-refractivity contribution < 1.29 is 4.74 Å². The van der Waals surface area contributed by atoms with Gasteiger partial charge in [-0.05, 0) is 30.5 Å². The van der Waals surface area contributed by atoms with Crippen LogP contribution in [0.3, 0.4) is 0 Å². The lowest BCUT2D eigenvalue weighted by atomic mass is 9.94. The molecule has 2 atom stereocenters. The van der Waals surface area contributed by atoms with Crippen LogP contribution in [0.25, 0.3) is 0 Å². The van der Waals surface area contributed by atoms with E-state index < -0.39 is 0 Å². The van der Waals surface area contributed by atoms with Gasteiger partial charge in [0.1, 0.15) is 0 Å². The van der Waals surface area contributed by atoms with Crippen LogP contribution in [0.2, 0.25) is 0 Å². The molecule has 0 bridgehead atoms. The van der Waals surface area contributed by atoms with Gasteiger partial charge in [-0.15, -0.1) is 0 Å². The van der Waals surface area contributed by atoms with Gasteiger partial charge in [0.15, 0.2) is 0 Å². The third-order valence-corrected chi connectivity index (χ3v) is 2.94. The van der Waals surface area contributed by atoms with E-state index in [9.17, 15) is 0 Å². The summed E-state index contributed by atoms with van der Waals surface area (Å²) < 4.78 is 5.63. The fourth-order valence-electron chi connectivity index (χ4n) is 2.19. The van der Waals surface area contributed by atoms with Crippen LogP contribution in [0.15, 0.2) is 18.5 Å². The van der Waals surface area contributed by atoms with E-state index in [-0.39, 0.29) is 12.1 Å². The number of ether oxygens (including phenoxy) is 1. The highest BCUT2D eigenvalue weighted by molar-refractivity contribution is 5.21. The zero-order valence-electron chi connectivity index (χ0n) is 11.5. The number of aryl methyl sites for hydroxylation is 1. The summed E-state index contributed by atoms with van der Waals surface area (Å²) in [6.07, 6.45) is 3.97. The Bertz CT molecular complexity index is 339. The molecule has 0 amide bonds. The molecule has 1 N–H and O–H groups in total. The van der Waals surface area contributed by atoms with Crippen LogP contribution in [-0.4, -0.2) is 24.7 Å². The highest BCUT2D eigenvalue weighted by atomic mass is 16.5. The Morgan fingerprint density at radius 3 is 2.53 bits per heavy atom. The molecule has 17 heavy (non-hydrogen) atoms. The zero-order valence-corrected chi connectivity index (χ0v) is 11.5. The van der Waals surface area contributed by atoms with Gasteiger partial charge in [0.05, 0.1) is 12.1 Å². The SMILES string of the molecule is CCNC(c1cncc(C)c1)C(OC)C(C)C. The lowest BCUT2D eigenvalue weighted by Gasteiger charge is -2.30. The van der Waals surface area contributed by atoms with Crippen LogP contribution >= 0.6 is 0 Å². The maximum atomic E-state index is 5.63. The predicted octanol–water partition coefficient (Wildman–Crippen LogP) is 2.71. The van der Waals surface area contributed by atoms with Crippen molar-refractivity contribution in [3.8, 4) is 0 Å². The van der Waals surface area contributed by atoms with E-state index in [1.54, 1.807) is 7.11 Å². The lowest BCUT2D eigenvalue weighted by molar-refractivity contribution is 0.0330. The molecule has 0 radical (unpaired) electrons. The molecule has 0 fully saturated rings. The van der Waals surface area contributed by atoms with Gasteiger partial charge in [0.2, 0.25) is 0 Å². The molecule has 0 saturated heterocycles. The molecule has 0 aromatic carbocycles. The first-order valence-electron chi connectivity index (χ1n) is 6.27. The van der Waals surface area contributed by atoms with Gasteiger partial charge in [0, 0.05) is 19.5 Å². The third-order valence-electron chi connectivity index (χ3n) is 2.94. The largest absolute Gasteiger partial charge is 0.379 e.